The van der Waals surface area contributed by atoms with Crippen LogP contribution in [0.5, 0.6) is 0 Å². The minimum absolute atomic E-state index is 0.175. The molecule has 4 rings (SSSR count). The normalized spacial score (nSPS) is 40.4. The molecule has 7 nitrogen and oxygen atoms in total. The van der Waals surface area contributed by atoms with Gasteiger partial charge in [0.2, 0.25) is 5.70 Å². The molecule has 0 aromatic rings. The fraction of sp³-hybridized carbons (Fsp3) is 0.926. The van der Waals surface area contributed by atoms with Gasteiger partial charge in [-0.2, -0.15) is 0 Å². The average molecular weight is 477 g/mol. The molecule has 192 valence electrons. The van der Waals surface area contributed by atoms with Gasteiger partial charge in [-0.1, -0.05) is 53.9 Å². The van der Waals surface area contributed by atoms with E-state index in [-0.39, 0.29) is 15.8 Å². The first-order chi connectivity index (χ1) is 16.0. The summed E-state index contributed by atoms with van der Waals surface area (Å²) in [5.41, 5.74) is 1.24. The van der Waals surface area contributed by atoms with Gasteiger partial charge in [-0.05, 0) is 84.9 Å². The molecule has 0 unspecified atom stereocenters. The molecule has 0 heterocycles. The van der Waals surface area contributed by atoms with Crippen LogP contribution < -0.4 is 0 Å². The summed E-state index contributed by atoms with van der Waals surface area (Å²) in [4.78, 5) is 27.9. The first kappa shape index (κ1) is 25.4. The Morgan fingerprint density at radius 1 is 0.971 bits per heavy atom. The van der Waals surface area contributed by atoms with Crippen molar-refractivity contribution in [3.63, 3.8) is 0 Å². The van der Waals surface area contributed by atoms with Gasteiger partial charge in [-0.3, -0.25) is 10.1 Å². The molecule has 0 N–H and O–H groups in total. The Hall–Kier alpha value is -1.66. The minimum Gasteiger partial charge on any atom is -0.310 e. The van der Waals surface area contributed by atoms with E-state index in [2.05, 4.69) is 34.6 Å². The molecule has 0 aromatic carbocycles. The molecule has 0 aliphatic heterocycles. The van der Waals surface area contributed by atoms with Crippen molar-refractivity contribution in [1.29, 1.82) is 0 Å². The first-order valence-electron chi connectivity index (χ1n) is 13.7. The quantitative estimate of drug-likeness (QED) is 0.272. The van der Waals surface area contributed by atoms with E-state index in [1.807, 2.05) is 0 Å². The molecule has 3 saturated carbocycles. The molecule has 7 heteroatoms. The fourth-order valence-corrected chi connectivity index (χ4v) is 9.16. The number of rotatable bonds is 8. The van der Waals surface area contributed by atoms with Gasteiger partial charge >= 0.3 is 0 Å². The lowest BCUT2D eigenvalue weighted by atomic mass is 9.46. The number of nitro groups is 1. The SMILES string of the molecule is CC(C)CCC[C@@H](C)[C@H]1CC[C@H]2[C@@H]3CC([N+](=O)[O-])=C4C[C@H](O[N+](=O)[O-])CC[C@]4(C)[C@H]3CC[C@]12C. The summed E-state index contributed by atoms with van der Waals surface area (Å²) < 4.78 is 0. The van der Waals surface area contributed by atoms with Crippen molar-refractivity contribution in [1.82, 2.24) is 0 Å². The molecule has 34 heavy (non-hydrogen) atoms. The smallest absolute Gasteiger partial charge is 0.294 e. The van der Waals surface area contributed by atoms with E-state index in [9.17, 15) is 20.2 Å². The molecule has 4 aliphatic carbocycles. The van der Waals surface area contributed by atoms with Crippen LogP contribution in [0.2, 0.25) is 0 Å². The summed E-state index contributed by atoms with van der Waals surface area (Å²) in [6.07, 6.45) is 10.3. The van der Waals surface area contributed by atoms with Crippen LogP contribution in [-0.2, 0) is 4.84 Å². The lowest BCUT2D eigenvalue weighted by Gasteiger charge is -2.58. The van der Waals surface area contributed by atoms with Gasteiger partial charge in [0.1, 0.15) is 6.10 Å². The van der Waals surface area contributed by atoms with Gasteiger partial charge in [-0.15, -0.1) is 10.1 Å². The summed E-state index contributed by atoms with van der Waals surface area (Å²) in [6.45, 7) is 11.8. The van der Waals surface area contributed by atoms with E-state index in [1.165, 1.54) is 38.5 Å². The van der Waals surface area contributed by atoms with Gasteiger partial charge < -0.3 is 4.84 Å². The molecule has 4 aliphatic rings. The van der Waals surface area contributed by atoms with E-state index in [0.29, 0.717) is 54.5 Å². The van der Waals surface area contributed by atoms with Crippen LogP contribution in [0, 0.1) is 66.6 Å². The Labute approximate surface area is 204 Å². The molecular weight excluding hydrogens is 432 g/mol. The van der Waals surface area contributed by atoms with Crippen molar-refractivity contribution in [2.24, 2.45) is 46.3 Å². The van der Waals surface area contributed by atoms with Gasteiger partial charge in [-0.25, -0.2) is 0 Å². The van der Waals surface area contributed by atoms with Crippen LogP contribution >= 0.6 is 0 Å². The number of nitrogens with zero attached hydrogens (tertiary/aromatic N) is 2. The first-order valence-corrected chi connectivity index (χ1v) is 13.7. The van der Waals surface area contributed by atoms with Crippen molar-refractivity contribution in [2.75, 3.05) is 0 Å². The number of fused-ring (bicyclic) bond motifs is 5. The van der Waals surface area contributed by atoms with Crippen molar-refractivity contribution in [3.8, 4) is 0 Å². The highest BCUT2D eigenvalue weighted by atomic mass is 17.0. The fourth-order valence-electron chi connectivity index (χ4n) is 9.16. The minimum atomic E-state index is -0.738. The summed E-state index contributed by atoms with van der Waals surface area (Å²) in [7, 11) is 0. The zero-order valence-electron chi connectivity index (χ0n) is 21.8. The van der Waals surface area contributed by atoms with Crippen LogP contribution in [0.3, 0.4) is 0 Å². The third-order valence-corrected chi connectivity index (χ3v) is 10.8. The van der Waals surface area contributed by atoms with E-state index in [0.717, 1.165) is 24.3 Å². The Morgan fingerprint density at radius 2 is 1.71 bits per heavy atom. The zero-order valence-corrected chi connectivity index (χ0v) is 21.8. The second-order valence-corrected chi connectivity index (χ2v) is 12.9. The maximum Gasteiger partial charge on any atom is 0.294 e. The maximum absolute atomic E-state index is 12.2. The molecule has 3 fully saturated rings. The zero-order chi connectivity index (χ0) is 24.8. The van der Waals surface area contributed by atoms with Gasteiger partial charge in [0.05, 0.1) is 4.92 Å². The Bertz CT molecular complexity index is 841. The molecule has 0 amide bonds. The Kier molecular flexibility index (Phi) is 7.05. The highest BCUT2D eigenvalue weighted by molar-refractivity contribution is 5.28. The highest BCUT2D eigenvalue weighted by Gasteiger charge is 2.61. The highest BCUT2D eigenvalue weighted by Crippen LogP contribution is 2.68. The van der Waals surface area contributed by atoms with Crippen LogP contribution in [0.15, 0.2) is 11.3 Å². The number of hydrogen-bond acceptors (Lipinski definition) is 5. The molecule has 0 saturated heterocycles. The Balaban J connectivity index is 1.58. The number of hydrogen-bond donors (Lipinski definition) is 0. The Morgan fingerprint density at radius 3 is 2.35 bits per heavy atom. The molecule has 0 bridgehead atoms. The van der Waals surface area contributed by atoms with E-state index < -0.39 is 11.2 Å². The van der Waals surface area contributed by atoms with Crippen LogP contribution in [0.25, 0.3) is 0 Å². The average Bonchev–Trinajstić information content (AvgIpc) is 3.10. The molecule has 8 atom stereocenters. The van der Waals surface area contributed by atoms with Crippen LogP contribution in [0.4, 0.5) is 0 Å². The third-order valence-electron chi connectivity index (χ3n) is 10.8. The largest absolute Gasteiger partial charge is 0.310 e. The summed E-state index contributed by atoms with van der Waals surface area (Å²) >= 11 is 0. The summed E-state index contributed by atoms with van der Waals surface area (Å²) in [5.74, 6) is 3.52. The predicted octanol–water partition coefficient (Wildman–Crippen LogP) is 7.21. The number of allylic oxidation sites excluding steroid dienone is 1. The van der Waals surface area contributed by atoms with Crippen molar-refractivity contribution in [2.45, 2.75) is 111 Å². The summed E-state index contributed by atoms with van der Waals surface area (Å²) in [5, 5.41) is 22.4. The molecule has 0 spiro atoms. The molecule has 0 aromatic heterocycles. The predicted molar refractivity (Wildman–Crippen MR) is 131 cm³/mol. The maximum atomic E-state index is 12.2. The van der Waals surface area contributed by atoms with Gasteiger partial charge in [0, 0.05) is 18.4 Å². The van der Waals surface area contributed by atoms with Gasteiger partial charge in [0.25, 0.3) is 5.09 Å². The third kappa shape index (κ3) is 4.37. The van der Waals surface area contributed by atoms with Crippen LogP contribution in [0.1, 0.15) is 105 Å². The van der Waals surface area contributed by atoms with Crippen LogP contribution in [-0.4, -0.2) is 16.1 Å². The topological polar surface area (TPSA) is 95.5 Å². The standard InChI is InChI=1S/C27H44N2O5/c1-17(2)7-6-8-18(3)21-9-10-22-20-16-25(28(30)31)24-15-19(34-29(32)33)11-13-27(24,5)23(20)12-14-26(21,22)4/h17-23H,6-16H2,1-5H3/t18-,19-,20+,21-,22+,23+,26-,27-/m1/s1. The lowest BCUT2D eigenvalue weighted by molar-refractivity contribution is -0.769. The van der Waals surface area contributed by atoms with E-state index in [1.54, 1.807) is 0 Å². The monoisotopic (exact) mass is 476 g/mol. The molecular formula is C27H44N2O5. The van der Waals surface area contributed by atoms with Crippen molar-refractivity contribution >= 4 is 0 Å². The second-order valence-electron chi connectivity index (χ2n) is 12.9. The summed E-state index contributed by atoms with van der Waals surface area (Å²) in [6, 6.07) is 0. The second kappa shape index (κ2) is 9.42. The lowest BCUT2D eigenvalue weighted by Crippen LogP contribution is -2.52. The van der Waals surface area contributed by atoms with Crippen molar-refractivity contribution in [3.05, 3.63) is 31.5 Å². The van der Waals surface area contributed by atoms with Crippen molar-refractivity contribution < 1.29 is 14.8 Å². The van der Waals surface area contributed by atoms with E-state index >= 15 is 0 Å². The van der Waals surface area contributed by atoms with E-state index in [4.69, 9.17) is 4.84 Å². The van der Waals surface area contributed by atoms with Gasteiger partial charge in [0.15, 0.2) is 0 Å². The molecule has 0 radical (unpaired) electrons.